The Hall–Kier alpha value is 0.250. The van der Waals surface area contributed by atoms with Crippen LogP contribution in [0.15, 0.2) is 0 Å². The lowest BCUT2D eigenvalue weighted by molar-refractivity contribution is 0.0629. The maximum atomic E-state index is 6.48. The Balaban J connectivity index is 1.63. The van der Waals surface area contributed by atoms with Gasteiger partial charge in [0.25, 0.3) is 0 Å². The third-order valence-corrected chi connectivity index (χ3v) is 4.68. The fraction of sp³-hybridized carbons (Fsp3) is 1.00. The quantitative estimate of drug-likeness (QED) is 0.664. The van der Waals surface area contributed by atoms with E-state index in [1.165, 1.54) is 51.4 Å². The van der Waals surface area contributed by atoms with Crippen molar-refractivity contribution in [1.82, 2.24) is 0 Å². The van der Waals surface area contributed by atoms with E-state index >= 15 is 0 Å². The van der Waals surface area contributed by atoms with Crippen LogP contribution in [0.25, 0.3) is 0 Å². The molecule has 0 amide bonds. The molecule has 0 bridgehead atoms. The fourth-order valence-corrected chi connectivity index (χ4v) is 3.36. The van der Waals surface area contributed by atoms with Gasteiger partial charge in [0.2, 0.25) is 0 Å². The highest BCUT2D eigenvalue weighted by atomic mass is 35.5. The van der Waals surface area contributed by atoms with Crippen molar-refractivity contribution in [1.29, 1.82) is 0 Å². The van der Waals surface area contributed by atoms with Crippen LogP contribution < -0.4 is 0 Å². The molecule has 2 rings (SSSR count). The molecule has 1 heterocycles. The molecule has 1 unspecified atom stereocenters. The molecule has 1 nitrogen and oxygen atoms in total. The molecule has 2 heteroatoms. The van der Waals surface area contributed by atoms with Crippen LogP contribution in [-0.2, 0) is 4.74 Å². The molecule has 1 aliphatic heterocycles. The Bertz CT molecular complexity index is 171. The highest BCUT2D eigenvalue weighted by Crippen LogP contribution is 2.34. The normalized spacial score (nSPS) is 27.0. The molecule has 0 radical (unpaired) electrons. The van der Waals surface area contributed by atoms with Gasteiger partial charge in [-0.15, -0.1) is 11.6 Å². The van der Waals surface area contributed by atoms with Gasteiger partial charge in [0.15, 0.2) is 0 Å². The van der Waals surface area contributed by atoms with Gasteiger partial charge in [-0.1, -0.05) is 12.8 Å². The van der Waals surface area contributed by atoms with E-state index in [0.717, 1.165) is 25.0 Å². The van der Waals surface area contributed by atoms with E-state index < -0.39 is 0 Å². The Morgan fingerprint density at radius 3 is 2.40 bits per heavy atom. The van der Waals surface area contributed by atoms with Gasteiger partial charge in [-0.3, -0.25) is 0 Å². The summed E-state index contributed by atoms with van der Waals surface area (Å²) in [7, 11) is 0. The van der Waals surface area contributed by atoms with Crippen LogP contribution in [0, 0.1) is 11.8 Å². The van der Waals surface area contributed by atoms with Gasteiger partial charge in [-0.2, -0.15) is 0 Å². The topological polar surface area (TPSA) is 9.23 Å². The average Bonchev–Trinajstić information content (AvgIpc) is 2.81. The lowest BCUT2D eigenvalue weighted by Crippen LogP contribution is -2.18. The number of hydrogen-bond donors (Lipinski definition) is 0. The number of ether oxygens (including phenoxy) is 1. The van der Waals surface area contributed by atoms with Gasteiger partial charge in [-0.05, 0) is 50.4 Å². The van der Waals surface area contributed by atoms with E-state index in [4.69, 9.17) is 16.3 Å². The van der Waals surface area contributed by atoms with Crippen LogP contribution in [0.4, 0.5) is 0 Å². The van der Waals surface area contributed by atoms with Crippen molar-refractivity contribution >= 4 is 11.6 Å². The summed E-state index contributed by atoms with van der Waals surface area (Å²) in [6.07, 6.45) is 10.6. The minimum absolute atomic E-state index is 0.454. The molecule has 0 aromatic rings. The van der Waals surface area contributed by atoms with E-state index in [2.05, 4.69) is 0 Å². The summed E-state index contributed by atoms with van der Waals surface area (Å²) in [5.74, 6) is 1.72. The van der Waals surface area contributed by atoms with Gasteiger partial charge < -0.3 is 4.74 Å². The minimum Gasteiger partial charge on any atom is -0.381 e. The summed E-state index contributed by atoms with van der Waals surface area (Å²) in [6, 6.07) is 0. The Kier molecular flexibility index (Phi) is 4.77. The summed E-state index contributed by atoms with van der Waals surface area (Å²) in [4.78, 5) is 0. The Morgan fingerprint density at radius 2 is 1.73 bits per heavy atom. The van der Waals surface area contributed by atoms with Crippen LogP contribution in [0.5, 0.6) is 0 Å². The molecule has 1 atom stereocenters. The highest BCUT2D eigenvalue weighted by molar-refractivity contribution is 6.20. The van der Waals surface area contributed by atoms with Gasteiger partial charge in [0, 0.05) is 18.6 Å². The van der Waals surface area contributed by atoms with Crippen LogP contribution in [0.2, 0.25) is 0 Å². The number of halogens is 1. The number of hydrogen-bond acceptors (Lipinski definition) is 1. The second-order valence-corrected chi connectivity index (χ2v) is 5.75. The maximum absolute atomic E-state index is 6.48. The summed E-state index contributed by atoms with van der Waals surface area (Å²) in [5.41, 5.74) is 0. The molecule has 0 N–H and O–H groups in total. The zero-order valence-corrected chi connectivity index (χ0v) is 10.3. The monoisotopic (exact) mass is 230 g/mol. The first-order valence-electron chi connectivity index (χ1n) is 6.58. The van der Waals surface area contributed by atoms with Gasteiger partial charge in [-0.25, -0.2) is 0 Å². The van der Waals surface area contributed by atoms with E-state index in [1.54, 1.807) is 0 Å². The molecule has 2 aliphatic rings. The van der Waals surface area contributed by atoms with Crippen LogP contribution in [0.3, 0.4) is 0 Å². The molecule has 88 valence electrons. The standard InChI is InChI=1S/C13H23ClO/c14-13(12-3-1-2-4-12)6-5-11-7-9-15-10-8-11/h11-13H,1-10H2. The zero-order valence-electron chi connectivity index (χ0n) is 9.59. The van der Waals surface area contributed by atoms with Crippen molar-refractivity contribution in [2.24, 2.45) is 11.8 Å². The van der Waals surface area contributed by atoms with Crippen molar-refractivity contribution in [3.05, 3.63) is 0 Å². The lowest BCUT2D eigenvalue weighted by Gasteiger charge is -2.24. The van der Waals surface area contributed by atoms with Gasteiger partial charge in [0.1, 0.15) is 0 Å². The molecule has 0 spiro atoms. The number of alkyl halides is 1. The predicted molar refractivity (Wildman–Crippen MR) is 64.4 cm³/mol. The lowest BCUT2D eigenvalue weighted by atomic mass is 9.91. The summed E-state index contributed by atoms with van der Waals surface area (Å²) < 4.78 is 5.37. The fourth-order valence-electron chi connectivity index (χ4n) is 2.98. The Morgan fingerprint density at radius 1 is 1.07 bits per heavy atom. The van der Waals surface area contributed by atoms with Crippen molar-refractivity contribution < 1.29 is 4.74 Å². The Labute approximate surface area is 98.5 Å². The first-order valence-corrected chi connectivity index (χ1v) is 7.01. The van der Waals surface area contributed by atoms with Crippen molar-refractivity contribution in [3.63, 3.8) is 0 Å². The molecule has 0 aromatic heterocycles. The SMILES string of the molecule is ClC(CCC1CCOCC1)C1CCCC1. The van der Waals surface area contributed by atoms with Crippen LogP contribution in [0.1, 0.15) is 51.4 Å². The molecular formula is C13H23ClO. The van der Waals surface area contributed by atoms with Crippen LogP contribution >= 0.6 is 11.6 Å². The van der Waals surface area contributed by atoms with Crippen LogP contribution in [-0.4, -0.2) is 18.6 Å². The van der Waals surface area contributed by atoms with E-state index in [0.29, 0.717) is 5.38 Å². The van der Waals surface area contributed by atoms with Gasteiger partial charge >= 0.3 is 0 Å². The molecule has 1 saturated heterocycles. The predicted octanol–water partition coefficient (Wildman–Crippen LogP) is 3.99. The molecule has 0 aromatic carbocycles. The van der Waals surface area contributed by atoms with E-state index in [1.807, 2.05) is 0 Å². The third-order valence-electron chi connectivity index (χ3n) is 4.10. The summed E-state index contributed by atoms with van der Waals surface area (Å²) >= 11 is 6.48. The van der Waals surface area contributed by atoms with Crippen molar-refractivity contribution in [2.75, 3.05) is 13.2 Å². The van der Waals surface area contributed by atoms with Crippen molar-refractivity contribution in [2.45, 2.75) is 56.7 Å². The van der Waals surface area contributed by atoms with E-state index in [-0.39, 0.29) is 0 Å². The van der Waals surface area contributed by atoms with E-state index in [9.17, 15) is 0 Å². The first-order chi connectivity index (χ1) is 7.36. The highest BCUT2D eigenvalue weighted by Gasteiger charge is 2.24. The summed E-state index contributed by atoms with van der Waals surface area (Å²) in [6.45, 7) is 1.95. The maximum Gasteiger partial charge on any atom is 0.0468 e. The minimum atomic E-state index is 0.454. The molecule has 15 heavy (non-hydrogen) atoms. The largest absolute Gasteiger partial charge is 0.381 e. The molecular weight excluding hydrogens is 208 g/mol. The number of rotatable bonds is 4. The molecule has 2 fully saturated rings. The second kappa shape index (κ2) is 6.10. The summed E-state index contributed by atoms with van der Waals surface area (Å²) in [5, 5.41) is 0.454. The second-order valence-electron chi connectivity index (χ2n) is 5.19. The van der Waals surface area contributed by atoms with Crippen molar-refractivity contribution in [3.8, 4) is 0 Å². The first kappa shape index (κ1) is 11.7. The van der Waals surface area contributed by atoms with Gasteiger partial charge in [0.05, 0.1) is 0 Å². The average molecular weight is 231 g/mol. The zero-order chi connectivity index (χ0) is 10.5. The molecule has 1 aliphatic carbocycles. The molecule has 1 saturated carbocycles. The smallest absolute Gasteiger partial charge is 0.0468 e. The third kappa shape index (κ3) is 3.64.